The molecule has 2 aromatic carbocycles. The Hall–Kier alpha value is -2.95. The SMILES string of the molecule is CCCOC(=O)c1nc2cc(C)c(C)cc2nc1NCCc1ccc(C)cc1. The van der Waals surface area contributed by atoms with Crippen molar-refractivity contribution in [3.63, 3.8) is 0 Å². The highest BCUT2D eigenvalue weighted by Gasteiger charge is 2.18. The molecule has 0 fully saturated rings. The maximum Gasteiger partial charge on any atom is 0.360 e. The molecule has 1 N–H and O–H groups in total. The van der Waals surface area contributed by atoms with E-state index in [-0.39, 0.29) is 5.69 Å². The fraction of sp³-hybridized carbons (Fsp3) is 0.348. The van der Waals surface area contributed by atoms with Crippen LogP contribution in [-0.4, -0.2) is 29.1 Å². The minimum absolute atomic E-state index is 0.244. The number of fused-ring (bicyclic) bond motifs is 1. The molecule has 0 bridgehead atoms. The molecule has 0 saturated carbocycles. The van der Waals surface area contributed by atoms with E-state index in [0.717, 1.165) is 29.5 Å². The van der Waals surface area contributed by atoms with E-state index in [1.54, 1.807) is 0 Å². The second-order valence-corrected chi connectivity index (χ2v) is 7.14. The molecular weight excluding hydrogens is 350 g/mol. The van der Waals surface area contributed by atoms with Crippen LogP contribution in [0.4, 0.5) is 5.82 Å². The van der Waals surface area contributed by atoms with Crippen molar-refractivity contribution in [1.29, 1.82) is 0 Å². The second-order valence-electron chi connectivity index (χ2n) is 7.14. The average Bonchev–Trinajstić information content (AvgIpc) is 2.68. The molecule has 0 radical (unpaired) electrons. The van der Waals surface area contributed by atoms with E-state index in [1.807, 2.05) is 32.9 Å². The summed E-state index contributed by atoms with van der Waals surface area (Å²) >= 11 is 0. The summed E-state index contributed by atoms with van der Waals surface area (Å²) in [4.78, 5) is 21.8. The number of esters is 1. The summed E-state index contributed by atoms with van der Waals surface area (Å²) in [6.45, 7) is 9.14. The number of carbonyl (C=O) groups excluding carboxylic acids is 1. The number of aryl methyl sites for hydroxylation is 3. The van der Waals surface area contributed by atoms with Gasteiger partial charge in [-0.15, -0.1) is 0 Å². The maximum atomic E-state index is 12.5. The molecule has 1 aromatic heterocycles. The highest BCUT2D eigenvalue weighted by molar-refractivity contribution is 5.95. The van der Waals surface area contributed by atoms with Crippen LogP contribution in [0.1, 0.15) is 46.1 Å². The number of hydrogen-bond donors (Lipinski definition) is 1. The van der Waals surface area contributed by atoms with Gasteiger partial charge < -0.3 is 10.1 Å². The van der Waals surface area contributed by atoms with Gasteiger partial charge in [-0.3, -0.25) is 0 Å². The Morgan fingerprint density at radius 2 is 1.64 bits per heavy atom. The molecule has 146 valence electrons. The third-order valence-corrected chi connectivity index (χ3v) is 4.74. The average molecular weight is 377 g/mol. The Morgan fingerprint density at radius 3 is 2.29 bits per heavy atom. The molecule has 0 spiro atoms. The number of rotatable bonds is 7. The van der Waals surface area contributed by atoms with Crippen LogP contribution in [0.5, 0.6) is 0 Å². The topological polar surface area (TPSA) is 64.1 Å². The number of carbonyl (C=O) groups is 1. The molecule has 0 aliphatic carbocycles. The molecule has 3 rings (SSSR count). The van der Waals surface area contributed by atoms with Crippen LogP contribution in [0.25, 0.3) is 11.0 Å². The summed E-state index contributed by atoms with van der Waals surface area (Å²) in [6, 6.07) is 12.4. The Labute approximate surface area is 166 Å². The van der Waals surface area contributed by atoms with Gasteiger partial charge in [0.2, 0.25) is 0 Å². The van der Waals surface area contributed by atoms with Crippen molar-refractivity contribution in [2.75, 3.05) is 18.5 Å². The molecule has 0 aliphatic heterocycles. The minimum Gasteiger partial charge on any atom is -0.461 e. The Kier molecular flexibility index (Phi) is 6.24. The molecule has 0 saturated heterocycles. The van der Waals surface area contributed by atoms with Gasteiger partial charge in [0.05, 0.1) is 17.6 Å². The maximum absolute atomic E-state index is 12.5. The van der Waals surface area contributed by atoms with Gasteiger partial charge in [-0.2, -0.15) is 0 Å². The predicted molar refractivity (Wildman–Crippen MR) is 113 cm³/mol. The van der Waals surface area contributed by atoms with Crippen molar-refractivity contribution in [2.24, 2.45) is 0 Å². The Balaban J connectivity index is 1.87. The van der Waals surface area contributed by atoms with E-state index in [0.29, 0.717) is 24.5 Å². The van der Waals surface area contributed by atoms with Crippen LogP contribution >= 0.6 is 0 Å². The van der Waals surface area contributed by atoms with Crippen molar-refractivity contribution in [1.82, 2.24) is 9.97 Å². The van der Waals surface area contributed by atoms with Gasteiger partial charge in [-0.25, -0.2) is 14.8 Å². The van der Waals surface area contributed by atoms with Gasteiger partial charge in [0, 0.05) is 6.54 Å². The molecule has 0 amide bonds. The van der Waals surface area contributed by atoms with Gasteiger partial charge in [-0.05, 0) is 62.4 Å². The largest absolute Gasteiger partial charge is 0.461 e. The summed E-state index contributed by atoms with van der Waals surface area (Å²) in [5.74, 6) is 0.0382. The van der Waals surface area contributed by atoms with Gasteiger partial charge >= 0.3 is 5.97 Å². The lowest BCUT2D eigenvalue weighted by Crippen LogP contribution is -2.16. The third kappa shape index (κ3) is 4.66. The molecule has 0 unspecified atom stereocenters. The lowest BCUT2D eigenvalue weighted by molar-refractivity contribution is 0.0499. The van der Waals surface area contributed by atoms with Crippen molar-refractivity contribution in [3.05, 3.63) is 64.3 Å². The number of benzene rings is 2. The van der Waals surface area contributed by atoms with E-state index in [4.69, 9.17) is 4.74 Å². The van der Waals surface area contributed by atoms with E-state index in [2.05, 4.69) is 46.5 Å². The summed E-state index contributed by atoms with van der Waals surface area (Å²) in [5.41, 5.74) is 6.46. The first-order valence-corrected chi connectivity index (χ1v) is 9.73. The van der Waals surface area contributed by atoms with E-state index in [1.165, 1.54) is 11.1 Å². The van der Waals surface area contributed by atoms with Crippen molar-refractivity contribution >= 4 is 22.8 Å². The van der Waals surface area contributed by atoms with Crippen LogP contribution in [0.2, 0.25) is 0 Å². The van der Waals surface area contributed by atoms with E-state index >= 15 is 0 Å². The van der Waals surface area contributed by atoms with Gasteiger partial charge in [0.25, 0.3) is 0 Å². The minimum atomic E-state index is -0.438. The quantitative estimate of drug-likeness (QED) is 0.601. The first kappa shape index (κ1) is 19.8. The molecule has 0 aliphatic rings. The standard InChI is InChI=1S/C23H27N3O2/c1-5-12-28-23(27)21-22(24-11-10-18-8-6-15(2)7-9-18)26-20-14-17(4)16(3)13-19(20)25-21/h6-9,13-14H,5,10-12H2,1-4H3,(H,24,26). The normalized spacial score (nSPS) is 10.9. The molecule has 28 heavy (non-hydrogen) atoms. The number of hydrogen-bond acceptors (Lipinski definition) is 5. The number of nitrogens with one attached hydrogen (secondary N) is 1. The molecule has 5 heteroatoms. The second kappa shape index (κ2) is 8.83. The van der Waals surface area contributed by atoms with Crippen LogP contribution in [0.3, 0.4) is 0 Å². The van der Waals surface area contributed by atoms with Gasteiger partial charge in [0.15, 0.2) is 11.5 Å². The van der Waals surface area contributed by atoms with Crippen molar-refractivity contribution < 1.29 is 9.53 Å². The number of anilines is 1. The molecular formula is C23H27N3O2. The van der Waals surface area contributed by atoms with Gasteiger partial charge in [0.1, 0.15) is 0 Å². The first-order chi connectivity index (χ1) is 13.5. The lowest BCUT2D eigenvalue weighted by atomic mass is 10.1. The zero-order valence-electron chi connectivity index (χ0n) is 17.0. The van der Waals surface area contributed by atoms with Crippen LogP contribution in [0.15, 0.2) is 36.4 Å². The lowest BCUT2D eigenvalue weighted by Gasteiger charge is -2.12. The smallest absolute Gasteiger partial charge is 0.360 e. The van der Waals surface area contributed by atoms with Crippen LogP contribution < -0.4 is 5.32 Å². The molecule has 5 nitrogen and oxygen atoms in total. The van der Waals surface area contributed by atoms with Gasteiger partial charge in [-0.1, -0.05) is 36.8 Å². The fourth-order valence-corrected chi connectivity index (χ4v) is 2.92. The highest BCUT2D eigenvalue weighted by Crippen LogP contribution is 2.21. The Bertz CT molecular complexity index is 981. The Morgan fingerprint density at radius 1 is 1.00 bits per heavy atom. The molecule has 0 atom stereocenters. The van der Waals surface area contributed by atoms with Crippen molar-refractivity contribution in [3.8, 4) is 0 Å². The molecule has 3 aromatic rings. The fourth-order valence-electron chi connectivity index (χ4n) is 2.92. The zero-order chi connectivity index (χ0) is 20.1. The van der Waals surface area contributed by atoms with E-state index < -0.39 is 5.97 Å². The van der Waals surface area contributed by atoms with Crippen LogP contribution in [0, 0.1) is 20.8 Å². The van der Waals surface area contributed by atoms with Crippen molar-refractivity contribution in [2.45, 2.75) is 40.5 Å². The highest BCUT2D eigenvalue weighted by atomic mass is 16.5. The third-order valence-electron chi connectivity index (χ3n) is 4.74. The predicted octanol–water partition coefficient (Wildman–Crippen LogP) is 4.78. The summed E-state index contributed by atoms with van der Waals surface area (Å²) in [5, 5.41) is 3.29. The monoisotopic (exact) mass is 377 g/mol. The van der Waals surface area contributed by atoms with E-state index in [9.17, 15) is 4.79 Å². The number of nitrogens with zero attached hydrogens (tertiary/aromatic N) is 2. The first-order valence-electron chi connectivity index (χ1n) is 9.73. The summed E-state index contributed by atoms with van der Waals surface area (Å²) in [6.07, 6.45) is 1.59. The summed E-state index contributed by atoms with van der Waals surface area (Å²) < 4.78 is 5.32. The van der Waals surface area contributed by atoms with Crippen LogP contribution in [-0.2, 0) is 11.2 Å². The number of ether oxygens (including phenoxy) is 1. The zero-order valence-corrected chi connectivity index (χ0v) is 17.0. The number of aromatic nitrogens is 2. The summed E-state index contributed by atoms with van der Waals surface area (Å²) in [7, 11) is 0. The molecule has 1 heterocycles.